The van der Waals surface area contributed by atoms with Crippen molar-refractivity contribution in [2.75, 3.05) is 7.05 Å². The van der Waals surface area contributed by atoms with Crippen LogP contribution in [-0.4, -0.2) is 16.8 Å². The molecule has 15 heavy (non-hydrogen) atoms. The number of nitrogens with one attached hydrogen (secondary N) is 1. The van der Waals surface area contributed by atoms with Crippen molar-refractivity contribution < 1.29 is 0 Å². The van der Waals surface area contributed by atoms with Gasteiger partial charge in [-0.2, -0.15) is 5.10 Å². The molecule has 1 aromatic rings. The maximum atomic E-state index is 4.43. The first-order valence-corrected chi connectivity index (χ1v) is 5.90. The Kier molecular flexibility index (Phi) is 3.10. The van der Waals surface area contributed by atoms with Crippen LogP contribution in [0.3, 0.4) is 0 Å². The Hall–Kier alpha value is -0.830. The van der Waals surface area contributed by atoms with Gasteiger partial charge in [-0.1, -0.05) is 12.8 Å². The van der Waals surface area contributed by atoms with Crippen LogP contribution >= 0.6 is 0 Å². The monoisotopic (exact) mass is 207 g/mol. The molecule has 1 aromatic heterocycles. The Morgan fingerprint density at radius 1 is 1.47 bits per heavy atom. The summed E-state index contributed by atoms with van der Waals surface area (Å²) in [5.41, 5.74) is 2.45. The molecule has 1 aliphatic carbocycles. The van der Waals surface area contributed by atoms with Crippen molar-refractivity contribution in [1.29, 1.82) is 0 Å². The van der Waals surface area contributed by atoms with Gasteiger partial charge in [-0.3, -0.25) is 4.68 Å². The highest BCUT2D eigenvalue weighted by Gasteiger charge is 2.27. The summed E-state index contributed by atoms with van der Waals surface area (Å²) in [5.74, 6) is 0.796. The van der Waals surface area contributed by atoms with Gasteiger partial charge in [0.2, 0.25) is 0 Å². The summed E-state index contributed by atoms with van der Waals surface area (Å²) >= 11 is 0. The third kappa shape index (κ3) is 2.07. The van der Waals surface area contributed by atoms with Crippen LogP contribution in [0.25, 0.3) is 0 Å². The van der Waals surface area contributed by atoms with E-state index in [1.54, 1.807) is 0 Å². The van der Waals surface area contributed by atoms with Crippen molar-refractivity contribution in [3.8, 4) is 0 Å². The van der Waals surface area contributed by atoms with Crippen LogP contribution in [0, 0.1) is 12.8 Å². The van der Waals surface area contributed by atoms with Crippen molar-refractivity contribution in [1.82, 2.24) is 15.1 Å². The van der Waals surface area contributed by atoms with Crippen LogP contribution in [0.2, 0.25) is 0 Å². The van der Waals surface area contributed by atoms with Gasteiger partial charge in [0, 0.05) is 7.05 Å². The van der Waals surface area contributed by atoms with Gasteiger partial charge in [0.05, 0.1) is 17.4 Å². The van der Waals surface area contributed by atoms with E-state index in [4.69, 9.17) is 0 Å². The average molecular weight is 207 g/mol. The first-order valence-electron chi connectivity index (χ1n) is 5.90. The first kappa shape index (κ1) is 10.7. The average Bonchev–Trinajstić information content (AvgIpc) is 2.79. The Labute approximate surface area is 91.9 Å². The van der Waals surface area contributed by atoms with E-state index in [0.717, 1.165) is 11.6 Å². The van der Waals surface area contributed by atoms with Crippen molar-refractivity contribution in [3.05, 3.63) is 17.5 Å². The highest BCUT2D eigenvalue weighted by Crippen LogP contribution is 2.35. The van der Waals surface area contributed by atoms with Gasteiger partial charge in [0.15, 0.2) is 0 Å². The number of hydrogen-bond donors (Lipinski definition) is 1. The minimum atomic E-state index is 0.485. The van der Waals surface area contributed by atoms with Gasteiger partial charge in [0.25, 0.3) is 0 Å². The van der Waals surface area contributed by atoms with Gasteiger partial charge in [-0.15, -0.1) is 0 Å². The van der Waals surface area contributed by atoms with E-state index < -0.39 is 0 Å². The first-order chi connectivity index (χ1) is 7.22. The molecular weight excluding hydrogens is 186 g/mol. The zero-order valence-corrected chi connectivity index (χ0v) is 9.95. The quantitative estimate of drug-likeness (QED) is 0.823. The fourth-order valence-electron chi connectivity index (χ4n) is 2.84. The number of nitrogens with zero attached hydrogens (tertiary/aromatic N) is 2. The number of rotatable bonds is 3. The molecule has 0 radical (unpaired) electrons. The SMILES string of the molecule is CNC(c1cc(C)nn1C)C1CCCC1. The molecule has 1 N–H and O–H groups in total. The van der Waals surface area contributed by atoms with Crippen LogP contribution in [0.5, 0.6) is 0 Å². The number of aryl methyl sites for hydroxylation is 2. The molecule has 1 saturated carbocycles. The van der Waals surface area contributed by atoms with Gasteiger partial charge in [0.1, 0.15) is 0 Å². The molecule has 1 heterocycles. The van der Waals surface area contributed by atoms with E-state index >= 15 is 0 Å². The van der Waals surface area contributed by atoms with Crippen LogP contribution < -0.4 is 5.32 Å². The highest BCUT2D eigenvalue weighted by atomic mass is 15.3. The Morgan fingerprint density at radius 3 is 2.60 bits per heavy atom. The molecule has 0 aliphatic heterocycles. The summed E-state index contributed by atoms with van der Waals surface area (Å²) in [7, 11) is 4.10. The van der Waals surface area contributed by atoms with Crippen molar-refractivity contribution in [3.63, 3.8) is 0 Å². The predicted octanol–water partition coefficient (Wildman–Crippen LogP) is 2.18. The largest absolute Gasteiger partial charge is 0.311 e. The zero-order chi connectivity index (χ0) is 10.8. The van der Waals surface area contributed by atoms with E-state index in [-0.39, 0.29) is 0 Å². The summed E-state index contributed by atoms with van der Waals surface area (Å²) in [5, 5.41) is 7.88. The molecule has 3 heteroatoms. The van der Waals surface area contributed by atoms with Crippen LogP contribution in [0.4, 0.5) is 0 Å². The molecule has 1 aliphatic rings. The van der Waals surface area contributed by atoms with Crippen LogP contribution in [-0.2, 0) is 7.05 Å². The Balaban J connectivity index is 2.21. The zero-order valence-electron chi connectivity index (χ0n) is 9.95. The lowest BCUT2D eigenvalue weighted by Gasteiger charge is -2.22. The van der Waals surface area contributed by atoms with Crippen LogP contribution in [0.1, 0.15) is 43.1 Å². The minimum Gasteiger partial charge on any atom is -0.311 e. The molecule has 0 spiro atoms. The van der Waals surface area contributed by atoms with Gasteiger partial charge < -0.3 is 5.32 Å². The summed E-state index contributed by atoms with van der Waals surface area (Å²) < 4.78 is 2.02. The molecule has 0 saturated heterocycles. The van der Waals surface area contributed by atoms with Crippen molar-refractivity contribution in [2.24, 2.45) is 13.0 Å². The third-order valence-corrected chi connectivity index (χ3v) is 3.54. The predicted molar refractivity (Wildman–Crippen MR) is 61.7 cm³/mol. The maximum absolute atomic E-state index is 4.43. The molecule has 0 bridgehead atoms. The standard InChI is InChI=1S/C12H21N3/c1-9-8-11(15(3)14-9)12(13-2)10-6-4-5-7-10/h8,10,12-13H,4-7H2,1-3H3. The van der Waals surface area contributed by atoms with Gasteiger partial charge in [-0.05, 0) is 38.8 Å². The van der Waals surface area contributed by atoms with Crippen molar-refractivity contribution in [2.45, 2.75) is 38.6 Å². The van der Waals surface area contributed by atoms with E-state index in [1.807, 2.05) is 11.7 Å². The second-order valence-corrected chi connectivity index (χ2v) is 4.65. The third-order valence-electron chi connectivity index (χ3n) is 3.54. The van der Waals surface area contributed by atoms with Crippen molar-refractivity contribution >= 4 is 0 Å². The second-order valence-electron chi connectivity index (χ2n) is 4.65. The van der Waals surface area contributed by atoms with Gasteiger partial charge in [-0.25, -0.2) is 0 Å². The maximum Gasteiger partial charge on any atom is 0.0597 e. The molecule has 84 valence electrons. The topological polar surface area (TPSA) is 29.9 Å². The summed E-state index contributed by atoms with van der Waals surface area (Å²) in [6.45, 7) is 2.06. The highest BCUT2D eigenvalue weighted by molar-refractivity contribution is 5.14. The molecule has 1 atom stereocenters. The lowest BCUT2D eigenvalue weighted by Crippen LogP contribution is -2.25. The summed E-state index contributed by atoms with van der Waals surface area (Å²) in [6, 6.07) is 2.69. The molecule has 1 unspecified atom stereocenters. The minimum absolute atomic E-state index is 0.485. The lowest BCUT2D eigenvalue weighted by atomic mass is 9.95. The fourth-order valence-corrected chi connectivity index (χ4v) is 2.84. The second kappa shape index (κ2) is 4.35. The van der Waals surface area contributed by atoms with E-state index in [1.165, 1.54) is 31.4 Å². The smallest absolute Gasteiger partial charge is 0.0597 e. The molecule has 3 nitrogen and oxygen atoms in total. The molecule has 0 aromatic carbocycles. The summed E-state index contributed by atoms with van der Waals surface area (Å²) in [4.78, 5) is 0. The lowest BCUT2D eigenvalue weighted by molar-refractivity contribution is 0.371. The molecule has 0 amide bonds. The summed E-state index contributed by atoms with van der Waals surface area (Å²) in [6.07, 6.45) is 5.49. The normalized spacial score (nSPS) is 19.7. The Morgan fingerprint density at radius 2 is 2.13 bits per heavy atom. The molecule has 2 rings (SSSR count). The van der Waals surface area contributed by atoms with E-state index in [9.17, 15) is 0 Å². The van der Waals surface area contributed by atoms with Crippen LogP contribution in [0.15, 0.2) is 6.07 Å². The number of aromatic nitrogens is 2. The molecular formula is C12H21N3. The van der Waals surface area contributed by atoms with E-state index in [2.05, 4.69) is 30.5 Å². The molecule has 1 fully saturated rings. The van der Waals surface area contributed by atoms with E-state index in [0.29, 0.717) is 6.04 Å². The fraction of sp³-hybridized carbons (Fsp3) is 0.750. The Bertz CT molecular complexity index is 324. The van der Waals surface area contributed by atoms with Gasteiger partial charge >= 0.3 is 0 Å². The number of hydrogen-bond acceptors (Lipinski definition) is 2.